The highest BCUT2D eigenvalue weighted by Crippen LogP contribution is 2.27. The van der Waals surface area contributed by atoms with E-state index in [1.165, 1.54) is 0 Å². The number of amides is 1. The molecule has 2 aliphatic heterocycles. The van der Waals surface area contributed by atoms with Crippen molar-refractivity contribution in [1.82, 2.24) is 14.8 Å². The quantitative estimate of drug-likeness (QED) is 0.716. The number of nitrogens with two attached hydrogens (primary N) is 1. The van der Waals surface area contributed by atoms with Gasteiger partial charge in [-0.25, -0.2) is 4.99 Å². The number of likely N-dealkylation sites (N-methyl/N-ethyl adjacent to an activating group) is 2. The molecule has 0 aromatic heterocycles. The Hall–Kier alpha value is -3.85. The summed E-state index contributed by atoms with van der Waals surface area (Å²) in [6.45, 7) is 0.467. The Morgan fingerprint density at radius 2 is 1.91 bits per heavy atom. The number of aliphatic hydroxyl groups excluding tert-OH is 1. The maximum absolute atomic E-state index is 12.2. The van der Waals surface area contributed by atoms with Crippen molar-refractivity contribution >= 4 is 17.5 Å². The van der Waals surface area contributed by atoms with Crippen molar-refractivity contribution < 1.29 is 14.6 Å². The molecule has 0 spiro atoms. The predicted molar refractivity (Wildman–Crippen MR) is 126 cm³/mol. The number of hydrogen-bond acceptors (Lipinski definition) is 8. The van der Waals surface area contributed by atoms with E-state index in [2.05, 4.69) is 5.10 Å². The molecule has 2 heterocycles. The van der Waals surface area contributed by atoms with E-state index in [1.807, 2.05) is 48.3 Å². The smallest absolute Gasteiger partial charge is 0.253 e. The lowest BCUT2D eigenvalue weighted by Gasteiger charge is -2.30. The van der Waals surface area contributed by atoms with Crippen LogP contribution in [0.15, 0.2) is 70.1 Å². The molecule has 1 amide bonds. The molecule has 172 valence electrons. The fourth-order valence-electron chi connectivity index (χ4n) is 3.71. The summed E-state index contributed by atoms with van der Waals surface area (Å²) in [5, 5.41) is 15.6. The van der Waals surface area contributed by atoms with Gasteiger partial charge in [0, 0.05) is 39.3 Å². The van der Waals surface area contributed by atoms with Crippen molar-refractivity contribution in [2.45, 2.75) is 12.8 Å². The first-order valence-electron chi connectivity index (χ1n) is 10.6. The van der Waals surface area contributed by atoms with Crippen LogP contribution in [0.1, 0.15) is 27.0 Å². The van der Waals surface area contributed by atoms with E-state index in [1.54, 1.807) is 43.2 Å². The Morgan fingerprint density at radius 1 is 1.18 bits per heavy atom. The predicted octanol–water partition coefficient (Wildman–Crippen LogP) is 1.39. The average Bonchev–Trinajstić information content (AvgIpc) is 3.21. The third kappa shape index (κ3) is 4.40. The van der Waals surface area contributed by atoms with E-state index in [0.29, 0.717) is 29.5 Å². The minimum Gasteiger partial charge on any atom is -0.444 e. The molecular formula is C24H28N6O3. The van der Waals surface area contributed by atoms with Crippen molar-refractivity contribution in [3.05, 3.63) is 82.3 Å². The highest BCUT2D eigenvalue weighted by molar-refractivity contribution is 6.04. The SMILES string of the molecule is CN(C)C(=O)c1ccc(C2=NC(C3OC(c4cccc(CO)c4)=NN3C)=C(N)N(C)C2)cc1. The van der Waals surface area contributed by atoms with E-state index in [-0.39, 0.29) is 12.5 Å². The Morgan fingerprint density at radius 3 is 2.58 bits per heavy atom. The lowest BCUT2D eigenvalue weighted by molar-refractivity contribution is 0.0827. The van der Waals surface area contributed by atoms with Gasteiger partial charge in [0.05, 0.1) is 18.9 Å². The van der Waals surface area contributed by atoms with E-state index in [4.69, 9.17) is 15.5 Å². The van der Waals surface area contributed by atoms with Crippen LogP contribution in [0.25, 0.3) is 0 Å². The molecule has 9 heteroatoms. The van der Waals surface area contributed by atoms with Crippen LogP contribution >= 0.6 is 0 Å². The minimum absolute atomic E-state index is 0.0509. The first-order valence-corrected chi connectivity index (χ1v) is 10.6. The Labute approximate surface area is 193 Å². The molecule has 0 saturated heterocycles. The summed E-state index contributed by atoms with van der Waals surface area (Å²) in [7, 11) is 7.16. The molecule has 0 bridgehead atoms. The number of aliphatic imine (C=N–C) groups is 1. The summed E-state index contributed by atoms with van der Waals surface area (Å²) in [6, 6.07) is 14.8. The molecule has 2 aromatic carbocycles. The molecule has 9 nitrogen and oxygen atoms in total. The second kappa shape index (κ2) is 8.95. The molecule has 4 rings (SSSR count). The number of carbonyl (C=O) groups excluding carboxylic acids is 1. The molecule has 2 aliphatic rings. The summed E-state index contributed by atoms with van der Waals surface area (Å²) in [5.41, 5.74) is 10.8. The summed E-state index contributed by atoms with van der Waals surface area (Å²) in [4.78, 5) is 20.5. The zero-order valence-electron chi connectivity index (χ0n) is 19.2. The molecule has 2 aromatic rings. The standard InChI is InChI=1S/C24H28N6O3/c1-28(2)23(32)17-10-8-16(9-11-17)19-13-29(3)21(25)20(26-19)24-30(4)27-22(33-24)18-7-5-6-15(12-18)14-31/h5-12,24,31H,13-14,25H2,1-4H3. The molecule has 1 atom stereocenters. The van der Waals surface area contributed by atoms with Crippen LogP contribution in [0.3, 0.4) is 0 Å². The number of nitrogens with zero attached hydrogens (tertiary/aromatic N) is 5. The lowest BCUT2D eigenvalue weighted by atomic mass is 10.0. The van der Waals surface area contributed by atoms with Crippen molar-refractivity contribution in [1.29, 1.82) is 0 Å². The van der Waals surface area contributed by atoms with Gasteiger partial charge in [0.15, 0.2) is 0 Å². The van der Waals surface area contributed by atoms with E-state index in [9.17, 15) is 9.90 Å². The number of carbonyl (C=O) groups is 1. The molecule has 3 N–H and O–H groups in total. The fourth-order valence-corrected chi connectivity index (χ4v) is 3.71. The summed E-state index contributed by atoms with van der Waals surface area (Å²) in [5.74, 6) is 0.898. The molecule has 1 unspecified atom stereocenters. The first-order chi connectivity index (χ1) is 15.8. The van der Waals surface area contributed by atoms with Crippen LogP contribution in [0.5, 0.6) is 0 Å². The summed E-state index contributed by atoms with van der Waals surface area (Å²) >= 11 is 0. The lowest BCUT2D eigenvalue weighted by Crippen LogP contribution is -2.39. The van der Waals surface area contributed by atoms with Gasteiger partial charge in [-0.2, -0.15) is 0 Å². The third-order valence-corrected chi connectivity index (χ3v) is 5.59. The van der Waals surface area contributed by atoms with Gasteiger partial charge in [0.2, 0.25) is 12.1 Å². The zero-order valence-corrected chi connectivity index (χ0v) is 19.2. The number of hydrogen-bond donors (Lipinski definition) is 2. The Kier molecular flexibility index (Phi) is 6.06. The number of benzene rings is 2. The van der Waals surface area contributed by atoms with Gasteiger partial charge in [-0.1, -0.05) is 24.3 Å². The maximum Gasteiger partial charge on any atom is 0.253 e. The normalized spacial score (nSPS) is 18.2. The average molecular weight is 449 g/mol. The Balaban J connectivity index is 1.61. The summed E-state index contributed by atoms with van der Waals surface area (Å²) < 4.78 is 6.15. The number of hydrazone groups is 1. The van der Waals surface area contributed by atoms with Crippen molar-refractivity contribution in [2.75, 3.05) is 34.7 Å². The number of ether oxygens (including phenoxy) is 1. The van der Waals surface area contributed by atoms with Crippen LogP contribution in [0.4, 0.5) is 0 Å². The minimum atomic E-state index is -0.592. The van der Waals surface area contributed by atoms with Crippen LogP contribution in [-0.4, -0.2) is 78.4 Å². The van der Waals surface area contributed by atoms with E-state index >= 15 is 0 Å². The van der Waals surface area contributed by atoms with E-state index in [0.717, 1.165) is 22.4 Å². The van der Waals surface area contributed by atoms with Gasteiger partial charge in [-0.15, -0.1) is 5.10 Å². The number of aliphatic hydroxyl groups is 1. The third-order valence-electron chi connectivity index (χ3n) is 5.59. The molecule has 0 aliphatic carbocycles. The van der Waals surface area contributed by atoms with Gasteiger partial charge >= 0.3 is 0 Å². The monoisotopic (exact) mass is 448 g/mol. The first kappa shape index (κ1) is 22.3. The number of rotatable bonds is 5. The van der Waals surface area contributed by atoms with Crippen LogP contribution < -0.4 is 5.73 Å². The van der Waals surface area contributed by atoms with Crippen molar-refractivity contribution in [2.24, 2.45) is 15.8 Å². The van der Waals surface area contributed by atoms with E-state index < -0.39 is 6.23 Å². The van der Waals surface area contributed by atoms with Crippen molar-refractivity contribution in [3.63, 3.8) is 0 Å². The van der Waals surface area contributed by atoms with Crippen LogP contribution in [-0.2, 0) is 11.3 Å². The highest BCUT2D eigenvalue weighted by atomic mass is 16.5. The topological polar surface area (TPSA) is 107 Å². The molecule has 33 heavy (non-hydrogen) atoms. The van der Waals surface area contributed by atoms with Crippen molar-refractivity contribution in [3.8, 4) is 0 Å². The van der Waals surface area contributed by atoms with Crippen LogP contribution in [0.2, 0.25) is 0 Å². The highest BCUT2D eigenvalue weighted by Gasteiger charge is 2.34. The van der Waals surface area contributed by atoms with Gasteiger partial charge in [-0.3, -0.25) is 9.80 Å². The molecule has 0 fully saturated rings. The molecule has 0 saturated carbocycles. The van der Waals surface area contributed by atoms with Gasteiger partial charge in [0.25, 0.3) is 5.91 Å². The molecule has 0 radical (unpaired) electrons. The Bertz CT molecular complexity index is 1150. The van der Waals surface area contributed by atoms with Gasteiger partial charge in [0.1, 0.15) is 11.5 Å². The summed E-state index contributed by atoms with van der Waals surface area (Å²) in [6.07, 6.45) is -0.592. The maximum atomic E-state index is 12.2. The molecular weight excluding hydrogens is 420 g/mol. The largest absolute Gasteiger partial charge is 0.444 e. The van der Waals surface area contributed by atoms with Crippen LogP contribution in [0, 0.1) is 0 Å². The zero-order chi connectivity index (χ0) is 23.7. The van der Waals surface area contributed by atoms with Gasteiger partial charge in [-0.05, 0) is 35.4 Å². The van der Waals surface area contributed by atoms with Gasteiger partial charge < -0.3 is 25.4 Å². The fraction of sp³-hybridized carbons (Fsp3) is 0.292. The second-order valence-corrected chi connectivity index (χ2v) is 8.27. The second-order valence-electron chi connectivity index (χ2n) is 8.27.